The van der Waals surface area contributed by atoms with Crippen molar-refractivity contribution >= 4 is 37.8 Å². The molecule has 0 bridgehead atoms. The zero-order valence-electron chi connectivity index (χ0n) is 9.17. The number of halogens is 2. The summed E-state index contributed by atoms with van der Waals surface area (Å²) in [5.74, 6) is -0.0108. The lowest BCUT2D eigenvalue weighted by atomic mass is 10.2. The third-order valence-electron chi connectivity index (χ3n) is 2.29. The molecule has 1 N–H and O–H groups in total. The first-order valence-electron chi connectivity index (χ1n) is 5.31. The normalized spacial score (nSPS) is 12.2. The Morgan fingerprint density at radius 3 is 2.56 bits per heavy atom. The molecule has 1 aromatic carbocycles. The van der Waals surface area contributed by atoms with Crippen LogP contribution in [-0.2, 0) is 0 Å². The van der Waals surface area contributed by atoms with Gasteiger partial charge in [-0.05, 0) is 37.1 Å². The molecule has 1 aromatic rings. The Bertz CT molecular complexity index is 337. The molecule has 1 amide bonds. The summed E-state index contributed by atoms with van der Waals surface area (Å²) in [5, 5.41) is 2.90. The van der Waals surface area contributed by atoms with E-state index in [4.69, 9.17) is 0 Å². The van der Waals surface area contributed by atoms with Gasteiger partial charge in [0.2, 0.25) is 0 Å². The van der Waals surface area contributed by atoms with Crippen molar-refractivity contribution in [2.45, 2.75) is 24.6 Å². The van der Waals surface area contributed by atoms with Crippen LogP contribution in [0, 0.1) is 0 Å². The van der Waals surface area contributed by atoms with Crippen LogP contribution in [0.4, 0.5) is 0 Å². The molecule has 88 valence electrons. The van der Waals surface area contributed by atoms with Crippen LogP contribution in [0.5, 0.6) is 0 Å². The van der Waals surface area contributed by atoms with Gasteiger partial charge in [0, 0.05) is 21.4 Å². The molecule has 4 heteroatoms. The van der Waals surface area contributed by atoms with E-state index in [1.807, 2.05) is 24.3 Å². The summed E-state index contributed by atoms with van der Waals surface area (Å²) in [5.41, 5.74) is 0.700. The second-order valence-corrected chi connectivity index (χ2v) is 5.77. The Kier molecular flexibility index (Phi) is 6.06. The van der Waals surface area contributed by atoms with Crippen LogP contribution in [-0.4, -0.2) is 17.3 Å². The van der Waals surface area contributed by atoms with E-state index in [-0.39, 0.29) is 5.91 Å². The maximum atomic E-state index is 11.7. The van der Waals surface area contributed by atoms with E-state index in [9.17, 15) is 4.79 Å². The molecule has 0 radical (unpaired) electrons. The highest BCUT2D eigenvalue weighted by Gasteiger charge is 2.05. The average Bonchev–Trinajstić information content (AvgIpc) is 2.29. The molecule has 1 rings (SSSR count). The van der Waals surface area contributed by atoms with Crippen LogP contribution in [0.15, 0.2) is 28.7 Å². The van der Waals surface area contributed by atoms with Crippen molar-refractivity contribution in [3.8, 4) is 0 Å². The molecular weight excluding hydrogens is 334 g/mol. The topological polar surface area (TPSA) is 29.1 Å². The van der Waals surface area contributed by atoms with Gasteiger partial charge in [-0.1, -0.05) is 38.8 Å². The van der Waals surface area contributed by atoms with Crippen molar-refractivity contribution in [1.29, 1.82) is 0 Å². The summed E-state index contributed by atoms with van der Waals surface area (Å²) in [6.07, 6.45) is 2.03. The Morgan fingerprint density at radius 2 is 2.00 bits per heavy atom. The molecule has 0 saturated heterocycles. The molecule has 0 saturated carbocycles. The van der Waals surface area contributed by atoms with Gasteiger partial charge in [-0.15, -0.1) is 0 Å². The lowest BCUT2D eigenvalue weighted by Crippen LogP contribution is -2.25. The van der Waals surface area contributed by atoms with E-state index in [1.165, 1.54) is 0 Å². The van der Waals surface area contributed by atoms with Crippen LogP contribution in [0.25, 0.3) is 0 Å². The largest absolute Gasteiger partial charge is 0.352 e. The molecule has 0 aliphatic rings. The smallest absolute Gasteiger partial charge is 0.251 e. The fourth-order valence-electron chi connectivity index (χ4n) is 1.25. The second-order valence-electron chi connectivity index (χ2n) is 3.56. The number of carbonyl (C=O) groups excluding carboxylic acids is 1. The van der Waals surface area contributed by atoms with Crippen LogP contribution < -0.4 is 5.32 Å². The van der Waals surface area contributed by atoms with Gasteiger partial charge in [0.1, 0.15) is 0 Å². The maximum Gasteiger partial charge on any atom is 0.251 e. The van der Waals surface area contributed by atoms with Crippen LogP contribution in [0.2, 0.25) is 0 Å². The minimum absolute atomic E-state index is 0.0108. The second kappa shape index (κ2) is 7.07. The predicted molar refractivity (Wildman–Crippen MR) is 74.1 cm³/mol. The standard InChI is InChI=1S/C12H15Br2NO/c1-2-10(13)7-8-15-12(16)9-3-5-11(14)6-4-9/h3-6,10H,2,7-8H2,1H3,(H,15,16). The van der Waals surface area contributed by atoms with E-state index in [0.717, 1.165) is 17.3 Å². The highest BCUT2D eigenvalue weighted by molar-refractivity contribution is 9.10. The van der Waals surface area contributed by atoms with Crippen molar-refractivity contribution in [2.24, 2.45) is 0 Å². The summed E-state index contributed by atoms with van der Waals surface area (Å²) in [6.45, 7) is 2.83. The van der Waals surface area contributed by atoms with Gasteiger partial charge < -0.3 is 5.32 Å². The minimum Gasteiger partial charge on any atom is -0.352 e. The highest BCUT2D eigenvalue weighted by Crippen LogP contribution is 2.11. The summed E-state index contributed by atoms with van der Waals surface area (Å²) in [6, 6.07) is 7.36. The predicted octanol–water partition coefficient (Wildman–Crippen LogP) is 3.74. The molecule has 0 spiro atoms. The minimum atomic E-state index is -0.0108. The number of hydrogen-bond acceptors (Lipinski definition) is 1. The number of benzene rings is 1. The van der Waals surface area contributed by atoms with Gasteiger partial charge in [0.15, 0.2) is 0 Å². The van der Waals surface area contributed by atoms with E-state index in [2.05, 4.69) is 44.1 Å². The van der Waals surface area contributed by atoms with Gasteiger partial charge in [-0.2, -0.15) is 0 Å². The van der Waals surface area contributed by atoms with Gasteiger partial charge >= 0.3 is 0 Å². The number of alkyl halides is 1. The van der Waals surface area contributed by atoms with E-state index in [0.29, 0.717) is 16.9 Å². The molecule has 16 heavy (non-hydrogen) atoms. The molecule has 0 heterocycles. The molecule has 0 aliphatic heterocycles. The molecule has 0 aliphatic carbocycles. The lowest BCUT2D eigenvalue weighted by molar-refractivity contribution is 0.0953. The van der Waals surface area contributed by atoms with Crippen LogP contribution in [0.3, 0.4) is 0 Å². The highest BCUT2D eigenvalue weighted by atomic mass is 79.9. The van der Waals surface area contributed by atoms with Crippen LogP contribution >= 0.6 is 31.9 Å². The summed E-state index contributed by atoms with van der Waals surface area (Å²) >= 11 is 6.87. The summed E-state index contributed by atoms with van der Waals surface area (Å²) < 4.78 is 0.982. The number of nitrogens with one attached hydrogen (secondary N) is 1. The van der Waals surface area contributed by atoms with Gasteiger partial charge in [-0.3, -0.25) is 4.79 Å². The van der Waals surface area contributed by atoms with Crippen molar-refractivity contribution in [3.05, 3.63) is 34.3 Å². The molecule has 0 fully saturated rings. The zero-order chi connectivity index (χ0) is 12.0. The van der Waals surface area contributed by atoms with Gasteiger partial charge in [-0.25, -0.2) is 0 Å². The lowest BCUT2D eigenvalue weighted by Gasteiger charge is -2.08. The fraction of sp³-hybridized carbons (Fsp3) is 0.417. The van der Waals surface area contributed by atoms with E-state index in [1.54, 1.807) is 0 Å². The van der Waals surface area contributed by atoms with Gasteiger partial charge in [0.05, 0.1) is 0 Å². The molecular formula is C12H15Br2NO. The quantitative estimate of drug-likeness (QED) is 0.807. The van der Waals surface area contributed by atoms with Crippen LogP contribution in [0.1, 0.15) is 30.1 Å². The Balaban J connectivity index is 2.38. The van der Waals surface area contributed by atoms with Gasteiger partial charge in [0.25, 0.3) is 5.91 Å². The number of carbonyl (C=O) groups is 1. The van der Waals surface area contributed by atoms with Crippen molar-refractivity contribution < 1.29 is 4.79 Å². The van der Waals surface area contributed by atoms with Crippen molar-refractivity contribution in [3.63, 3.8) is 0 Å². The molecule has 1 atom stereocenters. The molecule has 0 aromatic heterocycles. The average molecular weight is 349 g/mol. The fourth-order valence-corrected chi connectivity index (χ4v) is 1.74. The molecule has 1 unspecified atom stereocenters. The number of rotatable bonds is 5. The summed E-state index contributed by atoms with van der Waals surface area (Å²) in [7, 11) is 0. The summed E-state index contributed by atoms with van der Waals surface area (Å²) in [4.78, 5) is 12.2. The number of hydrogen-bond donors (Lipinski definition) is 1. The zero-order valence-corrected chi connectivity index (χ0v) is 12.3. The van der Waals surface area contributed by atoms with Crippen molar-refractivity contribution in [1.82, 2.24) is 5.32 Å². The number of amides is 1. The monoisotopic (exact) mass is 347 g/mol. The molecule has 2 nitrogen and oxygen atoms in total. The van der Waals surface area contributed by atoms with Crippen molar-refractivity contribution in [2.75, 3.05) is 6.54 Å². The maximum absolute atomic E-state index is 11.7. The third kappa shape index (κ3) is 4.66. The Morgan fingerprint density at radius 1 is 1.38 bits per heavy atom. The first kappa shape index (κ1) is 13.7. The third-order valence-corrected chi connectivity index (χ3v) is 3.93. The Labute approximate surface area is 113 Å². The van der Waals surface area contributed by atoms with E-state index >= 15 is 0 Å². The Hall–Kier alpha value is -0.350. The van der Waals surface area contributed by atoms with E-state index < -0.39 is 0 Å². The SMILES string of the molecule is CCC(Br)CCNC(=O)c1ccc(Br)cc1. The first-order valence-corrected chi connectivity index (χ1v) is 7.02. The first-order chi connectivity index (χ1) is 7.63.